The molecule has 0 radical (unpaired) electrons. The van der Waals surface area contributed by atoms with Gasteiger partial charge in [0.25, 0.3) is 0 Å². The van der Waals surface area contributed by atoms with Gasteiger partial charge in [0.1, 0.15) is 10.8 Å². The first kappa shape index (κ1) is 20.4. The van der Waals surface area contributed by atoms with E-state index in [4.69, 9.17) is 9.47 Å². The lowest BCUT2D eigenvalue weighted by Gasteiger charge is -2.10. The first-order valence-corrected chi connectivity index (χ1v) is 9.25. The van der Waals surface area contributed by atoms with Crippen molar-refractivity contribution >= 4 is 34.7 Å². The third-order valence-corrected chi connectivity index (χ3v) is 4.12. The molecule has 2 rings (SSSR count). The van der Waals surface area contributed by atoms with Gasteiger partial charge in [-0.3, -0.25) is 0 Å². The van der Waals surface area contributed by atoms with Crippen LogP contribution in [0.5, 0.6) is 0 Å². The van der Waals surface area contributed by atoms with Crippen LogP contribution in [0.3, 0.4) is 0 Å². The first-order valence-electron chi connectivity index (χ1n) is 8.43. The summed E-state index contributed by atoms with van der Waals surface area (Å²) >= 11 is 1.22. The molecule has 0 aromatic heterocycles. The molecule has 2 amide bonds. The van der Waals surface area contributed by atoms with Crippen LogP contribution in [0.25, 0.3) is 0 Å². The van der Waals surface area contributed by atoms with Gasteiger partial charge in [0.15, 0.2) is 0 Å². The lowest BCUT2D eigenvalue weighted by Crippen LogP contribution is -2.17. The van der Waals surface area contributed by atoms with Gasteiger partial charge in [0.05, 0.1) is 13.2 Å². The molecule has 0 heterocycles. The van der Waals surface area contributed by atoms with Gasteiger partial charge < -0.3 is 9.47 Å². The number of benzene rings is 2. The Bertz CT molecular complexity index is 820. The number of thioether (sulfide) groups is 1. The third-order valence-electron chi connectivity index (χ3n) is 3.14. The van der Waals surface area contributed by atoms with E-state index in [2.05, 4.69) is 9.98 Å². The summed E-state index contributed by atoms with van der Waals surface area (Å²) in [4.78, 5) is 32.9. The monoisotopic (exact) mass is 384 g/mol. The van der Waals surface area contributed by atoms with Gasteiger partial charge in [-0.25, -0.2) is 9.59 Å². The third kappa shape index (κ3) is 6.71. The summed E-state index contributed by atoms with van der Waals surface area (Å²) in [5.41, 5.74) is 0.882. The second-order valence-corrected chi connectivity index (χ2v) is 6.12. The number of carbonyl (C=O) groups excluding carboxylic acids is 2. The SMILES string of the molecule is CCOC(=O)/N=C(Sc1ccccc1)/C(=N\C(=O)OCC)c1ccccc1. The van der Waals surface area contributed by atoms with Gasteiger partial charge in [-0.15, -0.1) is 0 Å². The molecule has 0 unspecified atom stereocenters. The zero-order valence-corrected chi connectivity index (χ0v) is 15.9. The van der Waals surface area contributed by atoms with Crippen molar-refractivity contribution in [3.05, 3.63) is 66.2 Å². The van der Waals surface area contributed by atoms with Gasteiger partial charge in [-0.2, -0.15) is 9.98 Å². The molecule has 0 fully saturated rings. The van der Waals surface area contributed by atoms with Crippen LogP contribution in [0, 0.1) is 0 Å². The van der Waals surface area contributed by atoms with E-state index in [1.54, 1.807) is 26.0 Å². The zero-order chi connectivity index (χ0) is 19.5. The number of nitrogens with zero attached hydrogens (tertiary/aromatic N) is 2. The topological polar surface area (TPSA) is 77.3 Å². The van der Waals surface area contributed by atoms with Gasteiger partial charge >= 0.3 is 12.2 Å². The van der Waals surface area contributed by atoms with E-state index < -0.39 is 12.2 Å². The highest BCUT2D eigenvalue weighted by Gasteiger charge is 2.18. The predicted molar refractivity (Wildman–Crippen MR) is 107 cm³/mol. The molecular weight excluding hydrogens is 364 g/mol. The molecule has 0 spiro atoms. The number of rotatable bonds is 5. The standard InChI is InChI=1S/C20H20N2O4S/c1-3-25-19(23)21-17(15-11-7-5-8-12-15)18(22-20(24)26-4-2)27-16-13-9-6-10-14-16/h5-14H,3-4H2,1-2H3/b21-17-,22-18-. The zero-order valence-electron chi connectivity index (χ0n) is 15.1. The lowest BCUT2D eigenvalue weighted by molar-refractivity contribution is 0.162. The maximum atomic E-state index is 12.0. The maximum Gasteiger partial charge on any atom is 0.434 e. The molecule has 27 heavy (non-hydrogen) atoms. The largest absolute Gasteiger partial charge is 0.448 e. The average molecular weight is 384 g/mol. The van der Waals surface area contributed by atoms with Crippen molar-refractivity contribution in [3.8, 4) is 0 Å². The van der Waals surface area contributed by atoms with E-state index in [9.17, 15) is 9.59 Å². The normalized spacial score (nSPS) is 11.8. The van der Waals surface area contributed by atoms with Crippen LogP contribution in [0.1, 0.15) is 19.4 Å². The second kappa shape index (κ2) is 10.9. The summed E-state index contributed by atoms with van der Waals surface area (Å²) in [7, 11) is 0. The van der Waals surface area contributed by atoms with Crippen LogP contribution in [0.4, 0.5) is 9.59 Å². The van der Waals surface area contributed by atoms with Gasteiger partial charge in [0.2, 0.25) is 0 Å². The van der Waals surface area contributed by atoms with Crippen LogP contribution in [-0.4, -0.2) is 36.2 Å². The molecule has 2 aromatic carbocycles. The molecule has 6 nitrogen and oxygen atoms in total. The second-order valence-electron chi connectivity index (χ2n) is 5.06. The van der Waals surface area contributed by atoms with Crippen molar-refractivity contribution in [3.63, 3.8) is 0 Å². The number of hydrogen-bond donors (Lipinski definition) is 0. The number of amides is 2. The lowest BCUT2D eigenvalue weighted by atomic mass is 10.1. The first-order chi connectivity index (χ1) is 13.1. The highest BCUT2D eigenvalue weighted by atomic mass is 32.2. The summed E-state index contributed by atoms with van der Waals surface area (Å²) in [6, 6.07) is 18.4. The highest BCUT2D eigenvalue weighted by molar-refractivity contribution is 8.15. The Hall–Kier alpha value is -2.93. The van der Waals surface area contributed by atoms with Gasteiger partial charge in [0, 0.05) is 10.5 Å². The Morgan fingerprint density at radius 3 is 1.89 bits per heavy atom. The molecule has 140 valence electrons. The summed E-state index contributed by atoms with van der Waals surface area (Å²) < 4.78 is 9.88. The molecule has 0 aliphatic rings. The van der Waals surface area contributed by atoms with Gasteiger partial charge in [-0.1, -0.05) is 60.3 Å². The minimum absolute atomic E-state index is 0.195. The average Bonchev–Trinajstić information content (AvgIpc) is 2.67. The molecule has 0 saturated carbocycles. The van der Waals surface area contributed by atoms with Crippen LogP contribution in [0.2, 0.25) is 0 Å². The summed E-state index contributed by atoms with van der Waals surface area (Å²) in [6.45, 7) is 3.78. The molecule has 0 bridgehead atoms. The van der Waals surface area contributed by atoms with E-state index in [-0.39, 0.29) is 24.0 Å². The Morgan fingerprint density at radius 1 is 0.815 bits per heavy atom. The smallest absolute Gasteiger partial charge is 0.434 e. The molecule has 0 saturated heterocycles. The van der Waals surface area contributed by atoms with Crippen molar-refractivity contribution in [2.75, 3.05) is 13.2 Å². The summed E-state index contributed by atoms with van der Waals surface area (Å²) in [6.07, 6.45) is -1.50. The fourth-order valence-corrected chi connectivity index (χ4v) is 2.94. The van der Waals surface area contributed by atoms with E-state index in [0.717, 1.165) is 4.90 Å². The van der Waals surface area contributed by atoms with Crippen molar-refractivity contribution < 1.29 is 19.1 Å². The quantitative estimate of drug-likeness (QED) is 0.413. The fraction of sp³-hybridized carbons (Fsp3) is 0.200. The van der Waals surface area contributed by atoms with E-state index in [0.29, 0.717) is 5.56 Å². The highest BCUT2D eigenvalue weighted by Crippen LogP contribution is 2.23. The van der Waals surface area contributed by atoms with Crippen LogP contribution in [0.15, 0.2) is 75.5 Å². The van der Waals surface area contributed by atoms with Crippen molar-refractivity contribution in [2.45, 2.75) is 18.7 Å². The maximum absolute atomic E-state index is 12.0. The fourth-order valence-electron chi connectivity index (χ4n) is 2.04. The summed E-state index contributed by atoms with van der Waals surface area (Å²) in [5, 5.41) is 0.249. The number of carbonyl (C=O) groups is 2. The van der Waals surface area contributed by atoms with Crippen molar-refractivity contribution in [1.29, 1.82) is 0 Å². The Kier molecular flexibility index (Phi) is 8.25. The Balaban J connectivity index is 2.51. The Labute approximate surface area is 162 Å². The van der Waals surface area contributed by atoms with Crippen LogP contribution >= 0.6 is 11.8 Å². The molecule has 0 N–H and O–H groups in total. The number of hydrogen-bond acceptors (Lipinski definition) is 5. The Morgan fingerprint density at radius 2 is 1.33 bits per heavy atom. The molecule has 7 heteroatoms. The number of aliphatic imine (C=N–C) groups is 2. The van der Waals surface area contributed by atoms with Crippen molar-refractivity contribution in [1.82, 2.24) is 0 Å². The van der Waals surface area contributed by atoms with Crippen LogP contribution in [-0.2, 0) is 9.47 Å². The minimum Gasteiger partial charge on any atom is -0.448 e. The minimum atomic E-state index is -0.749. The van der Waals surface area contributed by atoms with Gasteiger partial charge in [-0.05, 0) is 26.0 Å². The van der Waals surface area contributed by atoms with E-state index >= 15 is 0 Å². The molecule has 0 aliphatic carbocycles. The van der Waals surface area contributed by atoms with Crippen LogP contribution < -0.4 is 0 Å². The van der Waals surface area contributed by atoms with E-state index in [1.165, 1.54) is 11.8 Å². The van der Waals surface area contributed by atoms with E-state index in [1.807, 2.05) is 48.5 Å². The molecule has 0 aliphatic heterocycles. The molecular formula is C20H20N2O4S. The molecule has 0 atom stereocenters. The summed E-state index contributed by atoms with van der Waals surface area (Å²) in [5.74, 6) is 0. The predicted octanol–water partition coefficient (Wildman–Crippen LogP) is 4.98. The van der Waals surface area contributed by atoms with Crippen molar-refractivity contribution in [2.24, 2.45) is 9.98 Å². The molecule has 2 aromatic rings. The number of ether oxygens (including phenoxy) is 2.